The molecule has 0 saturated carbocycles. The van der Waals surface area contributed by atoms with E-state index in [4.69, 9.17) is 4.74 Å². The van der Waals surface area contributed by atoms with Gasteiger partial charge in [0.05, 0.1) is 7.11 Å². The lowest BCUT2D eigenvalue weighted by Gasteiger charge is -2.24. The number of ether oxygens (including phenoxy) is 1. The van der Waals surface area contributed by atoms with Gasteiger partial charge in [-0.1, -0.05) is 18.7 Å². The van der Waals surface area contributed by atoms with Crippen molar-refractivity contribution in [1.82, 2.24) is 0 Å². The molecule has 0 heterocycles. The second kappa shape index (κ2) is 3.84. The van der Waals surface area contributed by atoms with Crippen LogP contribution in [0.2, 0.25) is 0 Å². The molecule has 0 aromatic heterocycles. The number of benzene rings is 1. The number of methoxy groups -OCH3 is 1. The van der Waals surface area contributed by atoms with Crippen LogP contribution in [0.3, 0.4) is 0 Å². The van der Waals surface area contributed by atoms with Gasteiger partial charge in [0, 0.05) is 0 Å². The summed E-state index contributed by atoms with van der Waals surface area (Å²) in [4.78, 5) is 0. The molecule has 1 aromatic rings. The normalized spacial score (nSPS) is 14.6. The van der Waals surface area contributed by atoms with Crippen molar-refractivity contribution in [3.05, 3.63) is 42.0 Å². The molecule has 1 unspecified atom stereocenters. The Balaban J connectivity index is 3.02. The molecule has 0 spiro atoms. The third kappa shape index (κ3) is 1.96. The van der Waals surface area contributed by atoms with Crippen LogP contribution in [0.15, 0.2) is 36.4 Å². The lowest BCUT2D eigenvalue weighted by atomic mass is 9.90. The Labute approximate surface area is 84.8 Å². The molecule has 0 radical (unpaired) electrons. The topological polar surface area (TPSA) is 29.5 Å². The van der Waals surface area contributed by atoms with Gasteiger partial charge < -0.3 is 9.84 Å². The minimum atomic E-state index is -0.966. The summed E-state index contributed by atoms with van der Waals surface area (Å²) < 4.78 is 5.04. The van der Waals surface area contributed by atoms with Crippen molar-refractivity contribution in [2.24, 2.45) is 0 Å². The molecule has 0 bridgehead atoms. The number of hydrogen-bond donors (Lipinski definition) is 1. The van der Waals surface area contributed by atoms with E-state index in [1.165, 1.54) is 0 Å². The van der Waals surface area contributed by atoms with E-state index in [1.54, 1.807) is 14.0 Å². The molecular weight excluding hydrogens is 176 g/mol. The van der Waals surface area contributed by atoms with Crippen LogP contribution >= 0.6 is 0 Å². The molecule has 2 heteroatoms. The van der Waals surface area contributed by atoms with E-state index >= 15 is 0 Å². The van der Waals surface area contributed by atoms with E-state index in [0.717, 1.165) is 16.9 Å². The maximum absolute atomic E-state index is 10.1. The largest absolute Gasteiger partial charge is 0.497 e. The lowest BCUT2D eigenvalue weighted by molar-refractivity contribution is 0.0980. The standard InChI is InChI=1S/C12H16O2/c1-9(2)12(3,13)10-5-7-11(14-4)8-6-10/h5-8,13H,1H2,2-4H3. The van der Waals surface area contributed by atoms with E-state index in [0.29, 0.717) is 0 Å². The molecule has 1 aromatic carbocycles. The van der Waals surface area contributed by atoms with Gasteiger partial charge in [-0.15, -0.1) is 0 Å². The molecular formula is C12H16O2. The zero-order chi connectivity index (χ0) is 10.8. The summed E-state index contributed by atoms with van der Waals surface area (Å²) in [5.74, 6) is 0.784. The predicted octanol–water partition coefficient (Wildman–Crippen LogP) is 2.48. The summed E-state index contributed by atoms with van der Waals surface area (Å²) in [6.45, 7) is 7.31. The Hall–Kier alpha value is -1.28. The van der Waals surface area contributed by atoms with Crippen molar-refractivity contribution < 1.29 is 9.84 Å². The second-order valence-corrected chi connectivity index (χ2v) is 3.58. The van der Waals surface area contributed by atoms with Crippen LogP contribution in [0.4, 0.5) is 0 Å². The van der Waals surface area contributed by atoms with Gasteiger partial charge in [0.2, 0.25) is 0 Å². The number of hydrogen-bond acceptors (Lipinski definition) is 2. The van der Waals surface area contributed by atoms with Crippen LogP contribution in [-0.4, -0.2) is 12.2 Å². The van der Waals surface area contributed by atoms with Crippen molar-refractivity contribution in [2.45, 2.75) is 19.4 Å². The molecule has 0 aliphatic rings. The highest BCUT2D eigenvalue weighted by Gasteiger charge is 2.23. The van der Waals surface area contributed by atoms with Gasteiger partial charge >= 0.3 is 0 Å². The smallest absolute Gasteiger partial charge is 0.118 e. The average Bonchev–Trinajstić information content (AvgIpc) is 2.17. The average molecular weight is 192 g/mol. The van der Waals surface area contributed by atoms with Gasteiger partial charge in [-0.05, 0) is 37.1 Å². The molecule has 0 aliphatic heterocycles. The van der Waals surface area contributed by atoms with E-state index in [9.17, 15) is 5.11 Å². The van der Waals surface area contributed by atoms with E-state index in [1.807, 2.05) is 31.2 Å². The molecule has 0 amide bonds. The van der Waals surface area contributed by atoms with Crippen molar-refractivity contribution in [2.75, 3.05) is 7.11 Å². The summed E-state index contributed by atoms with van der Waals surface area (Å²) in [7, 11) is 1.62. The molecule has 0 fully saturated rings. The first-order valence-electron chi connectivity index (χ1n) is 4.51. The minimum Gasteiger partial charge on any atom is -0.497 e. The highest BCUT2D eigenvalue weighted by molar-refractivity contribution is 5.34. The molecule has 2 nitrogen and oxygen atoms in total. The fourth-order valence-electron chi connectivity index (χ4n) is 1.16. The summed E-state index contributed by atoms with van der Waals surface area (Å²) in [6, 6.07) is 7.33. The first-order valence-corrected chi connectivity index (χ1v) is 4.51. The molecule has 1 rings (SSSR count). The molecule has 0 saturated heterocycles. The third-order valence-corrected chi connectivity index (χ3v) is 2.48. The summed E-state index contributed by atoms with van der Waals surface area (Å²) in [5, 5.41) is 10.1. The van der Waals surface area contributed by atoms with E-state index in [2.05, 4.69) is 6.58 Å². The zero-order valence-electron chi connectivity index (χ0n) is 8.87. The van der Waals surface area contributed by atoms with Crippen LogP contribution in [0.25, 0.3) is 0 Å². The van der Waals surface area contributed by atoms with Crippen molar-refractivity contribution >= 4 is 0 Å². The molecule has 1 N–H and O–H groups in total. The van der Waals surface area contributed by atoms with Gasteiger partial charge in [-0.3, -0.25) is 0 Å². The van der Waals surface area contributed by atoms with E-state index in [-0.39, 0.29) is 0 Å². The molecule has 1 atom stereocenters. The maximum atomic E-state index is 10.1. The second-order valence-electron chi connectivity index (χ2n) is 3.58. The molecule has 0 aliphatic carbocycles. The van der Waals surface area contributed by atoms with Gasteiger partial charge in [0.15, 0.2) is 0 Å². The Bertz CT molecular complexity index is 323. The van der Waals surface area contributed by atoms with Crippen molar-refractivity contribution in [3.63, 3.8) is 0 Å². The molecule has 76 valence electrons. The van der Waals surface area contributed by atoms with Gasteiger partial charge in [-0.2, -0.15) is 0 Å². The van der Waals surface area contributed by atoms with Crippen LogP contribution in [0, 0.1) is 0 Å². The van der Waals surface area contributed by atoms with Gasteiger partial charge in [-0.25, -0.2) is 0 Å². The quantitative estimate of drug-likeness (QED) is 0.745. The fraction of sp³-hybridized carbons (Fsp3) is 0.333. The highest BCUT2D eigenvalue weighted by atomic mass is 16.5. The Kier molecular flexibility index (Phi) is 2.96. The summed E-state index contributed by atoms with van der Waals surface area (Å²) in [5.41, 5.74) is 0.584. The van der Waals surface area contributed by atoms with Crippen LogP contribution < -0.4 is 4.74 Å². The summed E-state index contributed by atoms with van der Waals surface area (Å²) in [6.07, 6.45) is 0. The first kappa shape index (κ1) is 10.8. The van der Waals surface area contributed by atoms with Crippen LogP contribution in [0.1, 0.15) is 19.4 Å². The maximum Gasteiger partial charge on any atom is 0.118 e. The fourth-order valence-corrected chi connectivity index (χ4v) is 1.16. The predicted molar refractivity (Wildman–Crippen MR) is 57.4 cm³/mol. The number of rotatable bonds is 3. The van der Waals surface area contributed by atoms with Crippen LogP contribution in [-0.2, 0) is 5.60 Å². The van der Waals surface area contributed by atoms with Crippen molar-refractivity contribution in [3.8, 4) is 5.75 Å². The SMILES string of the molecule is C=C(C)C(C)(O)c1ccc(OC)cc1. The van der Waals surface area contributed by atoms with Gasteiger partial charge in [0.25, 0.3) is 0 Å². The molecule has 14 heavy (non-hydrogen) atoms. The highest BCUT2D eigenvalue weighted by Crippen LogP contribution is 2.28. The third-order valence-electron chi connectivity index (χ3n) is 2.48. The van der Waals surface area contributed by atoms with Crippen molar-refractivity contribution in [1.29, 1.82) is 0 Å². The van der Waals surface area contributed by atoms with Gasteiger partial charge in [0.1, 0.15) is 11.4 Å². The minimum absolute atomic E-state index is 0.725. The van der Waals surface area contributed by atoms with E-state index < -0.39 is 5.60 Å². The summed E-state index contributed by atoms with van der Waals surface area (Å²) >= 11 is 0. The Morgan fingerprint density at radius 1 is 1.36 bits per heavy atom. The zero-order valence-corrected chi connectivity index (χ0v) is 8.87. The lowest BCUT2D eigenvalue weighted by Crippen LogP contribution is -2.21. The monoisotopic (exact) mass is 192 g/mol. The Morgan fingerprint density at radius 3 is 2.21 bits per heavy atom. The van der Waals surface area contributed by atoms with Crippen LogP contribution in [0.5, 0.6) is 5.75 Å². The Morgan fingerprint density at radius 2 is 1.86 bits per heavy atom. The number of aliphatic hydroxyl groups is 1. The first-order chi connectivity index (χ1) is 6.48.